The maximum absolute atomic E-state index is 13.4. The van der Waals surface area contributed by atoms with Crippen LogP contribution in [-0.4, -0.2) is 71.6 Å². The Bertz CT molecular complexity index is 1350. The minimum Gasteiger partial charge on any atom is -0.476 e. The van der Waals surface area contributed by atoms with Crippen molar-refractivity contribution in [2.45, 2.75) is 57.4 Å². The van der Waals surface area contributed by atoms with E-state index in [2.05, 4.69) is 19.8 Å². The summed E-state index contributed by atoms with van der Waals surface area (Å²) < 4.78 is 36.6. The van der Waals surface area contributed by atoms with Gasteiger partial charge in [0.15, 0.2) is 17.2 Å². The number of ether oxygens (including phenoxy) is 1. The molecule has 3 aromatic rings. The standard InChI is InChI=1S/C25H31FN6O4S/c1-15-20(30-37(35)24(2,3)4)25(14-36-15)9-11-31(12-10-25)22-19(23(33)34)29-21-18(28-22)13-27-32(21)17-7-5-16(26)6-8-17/h5-8,13,15,20,30H,9-12,14H2,1-4H3,(H,33,34)/t15-,20+,37?/m0/s1. The molecule has 12 heteroatoms. The first-order valence-electron chi connectivity index (χ1n) is 12.3. The normalized spacial score (nSPS) is 22.6. The Morgan fingerprint density at radius 1 is 1.22 bits per heavy atom. The highest BCUT2D eigenvalue weighted by Gasteiger charge is 2.51. The third-order valence-electron chi connectivity index (χ3n) is 7.27. The molecule has 5 rings (SSSR count). The molecule has 10 nitrogen and oxygen atoms in total. The van der Waals surface area contributed by atoms with Gasteiger partial charge in [-0.2, -0.15) is 5.10 Å². The number of fused-ring (bicyclic) bond motifs is 1. The van der Waals surface area contributed by atoms with E-state index in [1.54, 1.807) is 12.1 Å². The van der Waals surface area contributed by atoms with E-state index in [1.807, 2.05) is 32.6 Å². The van der Waals surface area contributed by atoms with Crippen LogP contribution < -0.4 is 9.62 Å². The Labute approximate surface area is 216 Å². The fraction of sp³-hybridized carbons (Fsp3) is 0.520. The summed E-state index contributed by atoms with van der Waals surface area (Å²) in [5.74, 6) is -1.27. The van der Waals surface area contributed by atoms with Gasteiger partial charge in [-0.3, -0.25) is 0 Å². The summed E-state index contributed by atoms with van der Waals surface area (Å²) in [4.78, 5) is 23.2. The van der Waals surface area contributed by atoms with Crippen molar-refractivity contribution in [3.63, 3.8) is 0 Å². The average molecular weight is 531 g/mol. The number of rotatable bonds is 5. The molecule has 3 atom stereocenters. The first-order valence-corrected chi connectivity index (χ1v) is 13.4. The van der Waals surface area contributed by atoms with Gasteiger partial charge in [0.1, 0.15) is 11.3 Å². The van der Waals surface area contributed by atoms with Crippen molar-refractivity contribution in [1.82, 2.24) is 24.5 Å². The van der Waals surface area contributed by atoms with Crippen molar-refractivity contribution in [1.29, 1.82) is 0 Å². The number of aromatic nitrogens is 4. The Morgan fingerprint density at radius 3 is 2.51 bits per heavy atom. The first kappa shape index (κ1) is 25.7. The Kier molecular flexibility index (Phi) is 6.53. The number of aromatic carboxylic acids is 1. The summed E-state index contributed by atoms with van der Waals surface area (Å²) in [6.45, 7) is 9.48. The van der Waals surface area contributed by atoms with Crippen LogP contribution in [0.15, 0.2) is 30.5 Å². The number of carboxylic acids is 1. The molecule has 2 aliphatic heterocycles. The number of nitrogens with zero attached hydrogens (tertiary/aromatic N) is 5. The third-order valence-corrected chi connectivity index (χ3v) is 8.85. The maximum Gasteiger partial charge on any atom is 0.358 e. The second kappa shape index (κ2) is 9.41. The number of nitrogens with one attached hydrogen (secondary N) is 1. The molecule has 0 radical (unpaired) electrons. The minimum atomic E-state index is -1.23. The molecule has 198 valence electrons. The van der Waals surface area contributed by atoms with Gasteiger partial charge in [0.25, 0.3) is 0 Å². The molecule has 2 aromatic heterocycles. The lowest BCUT2D eigenvalue weighted by molar-refractivity contribution is 0.0690. The van der Waals surface area contributed by atoms with Crippen molar-refractivity contribution in [2.24, 2.45) is 5.41 Å². The van der Waals surface area contributed by atoms with Crippen LogP contribution in [0, 0.1) is 11.2 Å². The van der Waals surface area contributed by atoms with Gasteiger partial charge in [0.2, 0.25) is 0 Å². The van der Waals surface area contributed by atoms with E-state index in [9.17, 15) is 18.5 Å². The summed E-state index contributed by atoms with van der Waals surface area (Å²) in [6, 6.07) is 5.63. The highest BCUT2D eigenvalue weighted by atomic mass is 32.2. The van der Waals surface area contributed by atoms with Crippen molar-refractivity contribution >= 4 is 33.9 Å². The van der Waals surface area contributed by atoms with Gasteiger partial charge in [-0.05, 0) is 64.8 Å². The zero-order chi connectivity index (χ0) is 26.5. The van der Waals surface area contributed by atoms with Gasteiger partial charge in [-0.15, -0.1) is 0 Å². The molecule has 2 fully saturated rings. The fourth-order valence-electron chi connectivity index (χ4n) is 5.09. The Morgan fingerprint density at radius 2 is 1.89 bits per heavy atom. The number of hydrogen-bond donors (Lipinski definition) is 2. The van der Waals surface area contributed by atoms with Gasteiger partial charge >= 0.3 is 5.97 Å². The summed E-state index contributed by atoms with van der Waals surface area (Å²) in [7, 11) is -1.23. The van der Waals surface area contributed by atoms with E-state index in [0.29, 0.717) is 36.7 Å². The van der Waals surface area contributed by atoms with Gasteiger partial charge in [0.05, 0.1) is 46.4 Å². The van der Waals surface area contributed by atoms with Crippen LogP contribution in [0.2, 0.25) is 0 Å². The third kappa shape index (κ3) is 4.73. The minimum absolute atomic E-state index is 0.0730. The van der Waals surface area contributed by atoms with Crippen LogP contribution in [0.5, 0.6) is 0 Å². The van der Waals surface area contributed by atoms with E-state index < -0.39 is 21.7 Å². The largest absolute Gasteiger partial charge is 0.476 e. The van der Waals surface area contributed by atoms with Crippen LogP contribution in [-0.2, 0) is 15.7 Å². The van der Waals surface area contributed by atoms with Crippen LogP contribution in [0.25, 0.3) is 16.9 Å². The second-order valence-corrected chi connectivity index (χ2v) is 12.8. The van der Waals surface area contributed by atoms with Gasteiger partial charge in [-0.1, -0.05) is 0 Å². The average Bonchev–Trinajstić information content (AvgIpc) is 3.40. The quantitative estimate of drug-likeness (QED) is 0.516. The maximum atomic E-state index is 13.4. The van der Waals surface area contributed by atoms with E-state index in [4.69, 9.17) is 4.74 Å². The molecule has 2 N–H and O–H groups in total. The van der Waals surface area contributed by atoms with Crippen molar-refractivity contribution in [2.75, 3.05) is 24.6 Å². The number of halogens is 1. The molecule has 1 spiro atoms. The van der Waals surface area contributed by atoms with Crippen LogP contribution in [0.3, 0.4) is 0 Å². The predicted molar refractivity (Wildman–Crippen MR) is 138 cm³/mol. The molecule has 1 aromatic carbocycles. The SMILES string of the molecule is C[C@@H]1OCC2(CCN(c3nc4cnn(-c5ccc(F)cc5)c4nc3C(=O)O)CC2)[C@@H]1NS(=O)C(C)(C)C. The van der Waals surface area contributed by atoms with E-state index >= 15 is 0 Å². The molecule has 0 aliphatic carbocycles. The molecule has 0 bridgehead atoms. The molecular formula is C25H31FN6O4S. The summed E-state index contributed by atoms with van der Waals surface area (Å²) in [6.07, 6.45) is 2.90. The van der Waals surface area contributed by atoms with E-state index in [0.717, 1.165) is 12.8 Å². The number of carbonyl (C=O) groups is 1. The lowest BCUT2D eigenvalue weighted by Crippen LogP contribution is -2.55. The summed E-state index contributed by atoms with van der Waals surface area (Å²) in [5, 5.41) is 14.3. The highest BCUT2D eigenvalue weighted by molar-refractivity contribution is 7.84. The predicted octanol–water partition coefficient (Wildman–Crippen LogP) is 3.08. The van der Waals surface area contributed by atoms with Crippen LogP contribution in [0.1, 0.15) is 51.0 Å². The second-order valence-electron chi connectivity index (χ2n) is 10.8. The Hall–Kier alpha value is -2.96. The van der Waals surface area contributed by atoms with E-state index in [-0.39, 0.29) is 34.7 Å². The lowest BCUT2D eigenvalue weighted by atomic mass is 9.73. The van der Waals surface area contributed by atoms with Crippen LogP contribution in [0.4, 0.5) is 10.2 Å². The topological polar surface area (TPSA) is 122 Å². The molecule has 2 saturated heterocycles. The first-order chi connectivity index (χ1) is 17.5. The fourth-order valence-corrected chi connectivity index (χ4v) is 6.11. The van der Waals surface area contributed by atoms with Gasteiger partial charge < -0.3 is 14.7 Å². The molecule has 0 amide bonds. The smallest absolute Gasteiger partial charge is 0.358 e. The molecule has 4 heterocycles. The number of anilines is 1. The summed E-state index contributed by atoms with van der Waals surface area (Å²) >= 11 is 0. The zero-order valence-corrected chi connectivity index (χ0v) is 22.1. The van der Waals surface area contributed by atoms with Crippen molar-refractivity contribution in [3.05, 3.63) is 42.0 Å². The molecule has 2 aliphatic rings. The molecule has 0 saturated carbocycles. The Balaban J connectivity index is 1.42. The van der Waals surface area contributed by atoms with Gasteiger partial charge in [-0.25, -0.2) is 32.8 Å². The monoisotopic (exact) mass is 530 g/mol. The lowest BCUT2D eigenvalue weighted by Gasteiger charge is -2.43. The number of carboxylic acid groups (broad SMARTS) is 1. The van der Waals surface area contributed by atoms with Crippen molar-refractivity contribution in [3.8, 4) is 5.69 Å². The summed E-state index contributed by atoms with van der Waals surface area (Å²) in [5.41, 5.74) is 0.921. The molecule has 37 heavy (non-hydrogen) atoms. The molecular weight excluding hydrogens is 499 g/mol. The van der Waals surface area contributed by atoms with Crippen molar-refractivity contribution < 1.29 is 23.2 Å². The van der Waals surface area contributed by atoms with E-state index in [1.165, 1.54) is 23.0 Å². The highest BCUT2D eigenvalue weighted by Crippen LogP contribution is 2.43. The van der Waals surface area contributed by atoms with Gasteiger partial charge in [0, 0.05) is 18.5 Å². The number of benzene rings is 1. The number of hydrogen-bond acceptors (Lipinski definition) is 7. The number of piperidine rings is 1. The zero-order valence-electron chi connectivity index (χ0n) is 21.3. The molecule has 1 unspecified atom stereocenters. The van der Waals surface area contributed by atoms with Crippen LogP contribution >= 0.6 is 0 Å².